The summed E-state index contributed by atoms with van der Waals surface area (Å²) in [5.74, 6) is -0.207. The van der Waals surface area contributed by atoms with E-state index in [0.29, 0.717) is 23.2 Å². The molecule has 0 spiro atoms. The van der Waals surface area contributed by atoms with E-state index in [1.807, 2.05) is 11.0 Å². The maximum Gasteiger partial charge on any atom is 0.225 e. The highest BCUT2D eigenvalue weighted by molar-refractivity contribution is 9.10. The zero-order valence-corrected chi connectivity index (χ0v) is 12.6. The number of benzene rings is 1. The van der Waals surface area contributed by atoms with Gasteiger partial charge in [-0.25, -0.2) is 4.39 Å². The quantitative estimate of drug-likeness (QED) is 0.861. The van der Waals surface area contributed by atoms with Gasteiger partial charge < -0.3 is 16.0 Å². The number of hydrogen-bond donors (Lipinski definition) is 2. The first-order valence-corrected chi connectivity index (χ1v) is 7.64. The molecule has 3 rings (SSSR count). The van der Waals surface area contributed by atoms with Crippen LogP contribution in [0.3, 0.4) is 0 Å². The number of piperidine rings is 1. The first kappa shape index (κ1) is 13.8. The lowest BCUT2D eigenvalue weighted by atomic mass is 9.91. The zero-order valence-electron chi connectivity index (χ0n) is 11.0. The van der Waals surface area contributed by atoms with E-state index in [2.05, 4.69) is 21.2 Å². The molecule has 6 heteroatoms. The predicted octanol–water partition coefficient (Wildman–Crippen LogP) is 1.76. The number of amides is 1. The molecule has 0 aliphatic carbocycles. The molecule has 2 fully saturated rings. The highest BCUT2D eigenvalue weighted by atomic mass is 79.9. The van der Waals surface area contributed by atoms with Crippen LogP contribution >= 0.6 is 15.9 Å². The number of fused-ring (bicyclic) bond motifs is 1. The predicted molar refractivity (Wildman–Crippen MR) is 78.9 cm³/mol. The summed E-state index contributed by atoms with van der Waals surface area (Å²) in [5.41, 5.74) is 6.89. The average molecular weight is 342 g/mol. The molecule has 0 radical (unpaired) electrons. The Hall–Kier alpha value is -1.14. The van der Waals surface area contributed by atoms with Gasteiger partial charge in [0.05, 0.1) is 22.1 Å². The number of carbonyl (C=O) groups is 1. The minimum absolute atomic E-state index is 0.0175. The molecule has 0 aromatic heterocycles. The van der Waals surface area contributed by atoms with Crippen molar-refractivity contribution in [1.29, 1.82) is 0 Å². The number of hydrogen-bond acceptors (Lipinski definition) is 3. The van der Waals surface area contributed by atoms with Crippen LogP contribution in [0, 0.1) is 11.7 Å². The SMILES string of the molecule is NCc1ccc(N2CCCC3C(=O)NCC32)c(F)c1Br. The lowest BCUT2D eigenvalue weighted by molar-refractivity contribution is -0.123. The van der Waals surface area contributed by atoms with Gasteiger partial charge in [0.2, 0.25) is 5.91 Å². The van der Waals surface area contributed by atoms with Gasteiger partial charge in [-0.2, -0.15) is 0 Å². The standard InChI is InChI=1S/C14H17BrFN3O/c15-12-8(6-17)3-4-10(13(12)16)19-5-1-2-9-11(19)7-18-14(9)20/h3-4,9,11H,1-2,5-7,17H2,(H,18,20). The van der Waals surface area contributed by atoms with E-state index in [0.717, 1.165) is 24.9 Å². The van der Waals surface area contributed by atoms with Crippen molar-refractivity contribution in [1.82, 2.24) is 5.32 Å². The number of halogens is 2. The highest BCUT2D eigenvalue weighted by Crippen LogP contribution is 2.36. The summed E-state index contributed by atoms with van der Waals surface area (Å²) in [6.45, 7) is 1.67. The summed E-state index contributed by atoms with van der Waals surface area (Å²) < 4.78 is 15.0. The van der Waals surface area contributed by atoms with E-state index >= 15 is 0 Å². The number of anilines is 1. The summed E-state index contributed by atoms with van der Waals surface area (Å²) in [6.07, 6.45) is 1.79. The van der Waals surface area contributed by atoms with Crippen LogP contribution in [-0.2, 0) is 11.3 Å². The van der Waals surface area contributed by atoms with Gasteiger partial charge >= 0.3 is 0 Å². The monoisotopic (exact) mass is 341 g/mol. The molecule has 2 atom stereocenters. The summed E-state index contributed by atoms with van der Waals surface area (Å²) >= 11 is 3.28. The van der Waals surface area contributed by atoms with Crippen molar-refractivity contribution in [2.75, 3.05) is 18.0 Å². The van der Waals surface area contributed by atoms with Gasteiger partial charge in [-0.05, 0) is 40.4 Å². The smallest absolute Gasteiger partial charge is 0.225 e. The Kier molecular flexibility index (Phi) is 3.69. The molecular formula is C14H17BrFN3O. The molecule has 2 heterocycles. The molecule has 1 amide bonds. The molecule has 0 saturated carbocycles. The van der Waals surface area contributed by atoms with E-state index in [9.17, 15) is 9.18 Å². The number of carbonyl (C=O) groups excluding carboxylic acids is 1. The van der Waals surface area contributed by atoms with Crippen LogP contribution in [0.4, 0.5) is 10.1 Å². The second-order valence-electron chi connectivity index (χ2n) is 5.33. The van der Waals surface area contributed by atoms with Gasteiger partial charge in [-0.3, -0.25) is 4.79 Å². The van der Waals surface area contributed by atoms with Crippen LogP contribution < -0.4 is 16.0 Å². The molecule has 2 aliphatic heterocycles. The third-order valence-electron chi connectivity index (χ3n) is 4.27. The van der Waals surface area contributed by atoms with E-state index in [1.54, 1.807) is 6.07 Å². The summed E-state index contributed by atoms with van der Waals surface area (Å²) in [7, 11) is 0. The van der Waals surface area contributed by atoms with E-state index in [1.165, 1.54) is 0 Å². The normalized spacial score (nSPS) is 25.6. The van der Waals surface area contributed by atoms with Crippen molar-refractivity contribution in [3.63, 3.8) is 0 Å². The van der Waals surface area contributed by atoms with E-state index < -0.39 is 0 Å². The Balaban J connectivity index is 1.96. The van der Waals surface area contributed by atoms with Crippen molar-refractivity contribution < 1.29 is 9.18 Å². The van der Waals surface area contributed by atoms with Crippen molar-refractivity contribution in [2.24, 2.45) is 11.7 Å². The van der Waals surface area contributed by atoms with Crippen LogP contribution in [0.5, 0.6) is 0 Å². The van der Waals surface area contributed by atoms with Gasteiger partial charge in [-0.1, -0.05) is 6.07 Å². The third kappa shape index (κ3) is 2.11. The molecule has 4 nitrogen and oxygen atoms in total. The molecule has 2 aliphatic rings. The van der Waals surface area contributed by atoms with Gasteiger partial charge in [0.1, 0.15) is 0 Å². The summed E-state index contributed by atoms with van der Waals surface area (Å²) in [6, 6.07) is 3.67. The minimum Gasteiger partial charge on any atom is -0.364 e. The Bertz CT molecular complexity index is 551. The van der Waals surface area contributed by atoms with Crippen LogP contribution in [-0.4, -0.2) is 25.0 Å². The number of rotatable bonds is 2. The molecule has 1 aromatic rings. The Labute approximate surface area is 125 Å². The first-order valence-electron chi connectivity index (χ1n) is 6.84. The molecular weight excluding hydrogens is 325 g/mol. The van der Waals surface area contributed by atoms with Crippen molar-refractivity contribution in [2.45, 2.75) is 25.4 Å². The minimum atomic E-state index is -0.284. The Morgan fingerprint density at radius 3 is 3.05 bits per heavy atom. The van der Waals surface area contributed by atoms with Crippen LogP contribution in [0.2, 0.25) is 0 Å². The Morgan fingerprint density at radius 2 is 2.30 bits per heavy atom. The fourth-order valence-corrected chi connectivity index (χ4v) is 3.71. The van der Waals surface area contributed by atoms with E-state index in [4.69, 9.17) is 5.73 Å². The number of nitrogens with two attached hydrogens (primary N) is 1. The average Bonchev–Trinajstić information content (AvgIpc) is 2.84. The summed E-state index contributed by atoms with van der Waals surface area (Å²) in [5, 5.41) is 2.88. The molecule has 3 N–H and O–H groups in total. The third-order valence-corrected chi connectivity index (χ3v) is 5.13. The fourth-order valence-electron chi connectivity index (χ4n) is 3.21. The number of nitrogens with zero attached hydrogens (tertiary/aromatic N) is 1. The molecule has 0 bridgehead atoms. The largest absolute Gasteiger partial charge is 0.364 e. The highest BCUT2D eigenvalue weighted by Gasteiger charge is 2.41. The molecule has 108 valence electrons. The lowest BCUT2D eigenvalue weighted by Gasteiger charge is -2.38. The van der Waals surface area contributed by atoms with Crippen LogP contribution in [0.25, 0.3) is 0 Å². The van der Waals surface area contributed by atoms with Crippen LogP contribution in [0.1, 0.15) is 18.4 Å². The van der Waals surface area contributed by atoms with Gasteiger partial charge in [0.25, 0.3) is 0 Å². The fraction of sp³-hybridized carbons (Fsp3) is 0.500. The second kappa shape index (κ2) is 5.33. The van der Waals surface area contributed by atoms with Gasteiger partial charge in [0.15, 0.2) is 5.82 Å². The van der Waals surface area contributed by atoms with Crippen molar-refractivity contribution in [3.8, 4) is 0 Å². The maximum atomic E-state index is 14.5. The van der Waals surface area contributed by atoms with Gasteiger partial charge in [-0.15, -0.1) is 0 Å². The number of nitrogens with one attached hydrogen (secondary N) is 1. The second-order valence-corrected chi connectivity index (χ2v) is 6.12. The zero-order chi connectivity index (χ0) is 14.3. The summed E-state index contributed by atoms with van der Waals surface area (Å²) in [4.78, 5) is 13.8. The topological polar surface area (TPSA) is 58.4 Å². The molecule has 2 unspecified atom stereocenters. The molecule has 1 aromatic carbocycles. The van der Waals surface area contributed by atoms with Crippen LogP contribution in [0.15, 0.2) is 16.6 Å². The first-order chi connectivity index (χ1) is 9.63. The molecule has 2 saturated heterocycles. The Morgan fingerprint density at radius 1 is 1.50 bits per heavy atom. The lowest BCUT2D eigenvalue weighted by Crippen LogP contribution is -2.46. The van der Waals surface area contributed by atoms with Crippen molar-refractivity contribution >= 4 is 27.5 Å². The van der Waals surface area contributed by atoms with Gasteiger partial charge in [0, 0.05) is 19.6 Å². The van der Waals surface area contributed by atoms with Crippen molar-refractivity contribution in [3.05, 3.63) is 28.0 Å². The maximum absolute atomic E-state index is 14.5. The molecule has 20 heavy (non-hydrogen) atoms. The van der Waals surface area contributed by atoms with E-state index in [-0.39, 0.29) is 23.7 Å².